The Morgan fingerprint density at radius 2 is 1.94 bits per heavy atom. The first-order valence-electron chi connectivity index (χ1n) is 6.36. The van der Waals surface area contributed by atoms with Crippen LogP contribution in [0, 0.1) is 0 Å². The van der Waals surface area contributed by atoms with Gasteiger partial charge in [0.1, 0.15) is 6.10 Å². The lowest BCUT2D eigenvalue weighted by Crippen LogP contribution is -2.35. The number of anilines is 1. The molecule has 18 heavy (non-hydrogen) atoms. The SMILES string of the molecule is CN1CCC(OC(=O)Cc2ccc(N)cc2)CC1. The van der Waals surface area contributed by atoms with Gasteiger partial charge in [-0.05, 0) is 37.6 Å². The molecule has 1 aromatic carbocycles. The largest absolute Gasteiger partial charge is 0.462 e. The number of nitrogens with zero attached hydrogens (tertiary/aromatic N) is 1. The molecule has 0 amide bonds. The molecule has 1 saturated heterocycles. The van der Waals surface area contributed by atoms with Gasteiger partial charge >= 0.3 is 5.97 Å². The topological polar surface area (TPSA) is 55.6 Å². The molecule has 0 unspecified atom stereocenters. The van der Waals surface area contributed by atoms with Crippen molar-refractivity contribution in [1.29, 1.82) is 0 Å². The lowest BCUT2D eigenvalue weighted by molar-refractivity contribution is -0.150. The zero-order chi connectivity index (χ0) is 13.0. The van der Waals surface area contributed by atoms with Crippen LogP contribution < -0.4 is 5.73 Å². The summed E-state index contributed by atoms with van der Waals surface area (Å²) in [7, 11) is 2.09. The Kier molecular flexibility index (Phi) is 4.20. The minimum atomic E-state index is -0.144. The van der Waals surface area contributed by atoms with Gasteiger partial charge < -0.3 is 15.4 Å². The number of hydrogen-bond acceptors (Lipinski definition) is 4. The van der Waals surface area contributed by atoms with Crippen LogP contribution in [0.1, 0.15) is 18.4 Å². The van der Waals surface area contributed by atoms with Crippen LogP contribution in [-0.2, 0) is 16.0 Å². The van der Waals surface area contributed by atoms with Gasteiger partial charge in [-0.1, -0.05) is 12.1 Å². The molecule has 1 aliphatic rings. The molecule has 1 heterocycles. The van der Waals surface area contributed by atoms with Gasteiger partial charge in [-0.15, -0.1) is 0 Å². The smallest absolute Gasteiger partial charge is 0.310 e. The predicted molar refractivity (Wildman–Crippen MR) is 71.2 cm³/mol. The van der Waals surface area contributed by atoms with Crippen molar-refractivity contribution in [2.24, 2.45) is 0 Å². The first kappa shape index (κ1) is 12.9. The highest BCUT2D eigenvalue weighted by Crippen LogP contribution is 2.14. The van der Waals surface area contributed by atoms with Crippen molar-refractivity contribution in [2.75, 3.05) is 25.9 Å². The van der Waals surface area contributed by atoms with Gasteiger partial charge in [-0.25, -0.2) is 0 Å². The van der Waals surface area contributed by atoms with E-state index in [1.807, 2.05) is 12.1 Å². The summed E-state index contributed by atoms with van der Waals surface area (Å²) in [5, 5.41) is 0. The van der Waals surface area contributed by atoms with Gasteiger partial charge in [-0.3, -0.25) is 4.79 Å². The van der Waals surface area contributed by atoms with E-state index in [9.17, 15) is 4.79 Å². The Hall–Kier alpha value is -1.55. The summed E-state index contributed by atoms with van der Waals surface area (Å²) in [6.45, 7) is 2.00. The first-order chi connectivity index (χ1) is 8.63. The molecule has 0 aromatic heterocycles. The van der Waals surface area contributed by atoms with Gasteiger partial charge in [0, 0.05) is 18.8 Å². The minimum absolute atomic E-state index is 0.0856. The van der Waals surface area contributed by atoms with Crippen molar-refractivity contribution in [3.05, 3.63) is 29.8 Å². The second-order valence-electron chi connectivity index (χ2n) is 4.91. The highest BCUT2D eigenvalue weighted by Gasteiger charge is 2.20. The van der Waals surface area contributed by atoms with Crippen LogP contribution >= 0.6 is 0 Å². The summed E-state index contributed by atoms with van der Waals surface area (Å²) in [5.41, 5.74) is 7.26. The zero-order valence-corrected chi connectivity index (χ0v) is 10.8. The van der Waals surface area contributed by atoms with Crippen molar-refractivity contribution in [1.82, 2.24) is 4.90 Å². The average Bonchev–Trinajstić information content (AvgIpc) is 2.35. The summed E-state index contributed by atoms with van der Waals surface area (Å²) < 4.78 is 5.48. The van der Waals surface area contributed by atoms with Crippen molar-refractivity contribution < 1.29 is 9.53 Å². The predicted octanol–water partition coefficient (Wildman–Crippen LogP) is 1.45. The maximum atomic E-state index is 11.8. The average molecular weight is 248 g/mol. The van der Waals surface area contributed by atoms with E-state index in [4.69, 9.17) is 10.5 Å². The zero-order valence-electron chi connectivity index (χ0n) is 10.8. The molecule has 4 heteroatoms. The number of piperidine rings is 1. The van der Waals surface area contributed by atoms with Crippen molar-refractivity contribution in [3.8, 4) is 0 Å². The molecule has 98 valence electrons. The minimum Gasteiger partial charge on any atom is -0.462 e. The van der Waals surface area contributed by atoms with Gasteiger partial charge in [0.05, 0.1) is 6.42 Å². The molecule has 1 fully saturated rings. The second-order valence-corrected chi connectivity index (χ2v) is 4.91. The van der Waals surface area contributed by atoms with Crippen LogP contribution in [0.15, 0.2) is 24.3 Å². The van der Waals surface area contributed by atoms with E-state index in [1.54, 1.807) is 12.1 Å². The molecule has 0 bridgehead atoms. The van der Waals surface area contributed by atoms with E-state index in [0.29, 0.717) is 12.1 Å². The van der Waals surface area contributed by atoms with Gasteiger partial charge in [0.2, 0.25) is 0 Å². The van der Waals surface area contributed by atoms with Crippen LogP contribution in [0.2, 0.25) is 0 Å². The molecule has 2 rings (SSSR count). The van der Waals surface area contributed by atoms with Crippen LogP contribution in [-0.4, -0.2) is 37.1 Å². The number of rotatable bonds is 3. The number of nitrogen functional groups attached to an aromatic ring is 1. The Bertz CT molecular complexity index is 395. The highest BCUT2D eigenvalue weighted by molar-refractivity contribution is 5.72. The fourth-order valence-electron chi connectivity index (χ4n) is 2.13. The molecule has 0 saturated carbocycles. The Balaban J connectivity index is 1.80. The molecule has 1 aliphatic heterocycles. The molecule has 1 aromatic rings. The maximum Gasteiger partial charge on any atom is 0.310 e. The summed E-state index contributed by atoms with van der Waals surface area (Å²) in [5.74, 6) is -0.144. The number of nitrogens with two attached hydrogens (primary N) is 1. The third-order valence-corrected chi connectivity index (χ3v) is 3.29. The number of carbonyl (C=O) groups excluding carboxylic acids is 1. The summed E-state index contributed by atoms with van der Waals surface area (Å²) >= 11 is 0. The maximum absolute atomic E-state index is 11.8. The van der Waals surface area contributed by atoms with Crippen LogP contribution in [0.3, 0.4) is 0 Å². The fraction of sp³-hybridized carbons (Fsp3) is 0.500. The number of ether oxygens (including phenoxy) is 1. The molecule has 4 nitrogen and oxygen atoms in total. The molecular formula is C14H20N2O2. The monoisotopic (exact) mass is 248 g/mol. The molecule has 2 N–H and O–H groups in total. The summed E-state index contributed by atoms with van der Waals surface area (Å²) in [4.78, 5) is 14.0. The summed E-state index contributed by atoms with van der Waals surface area (Å²) in [6, 6.07) is 7.34. The Morgan fingerprint density at radius 3 is 2.56 bits per heavy atom. The number of likely N-dealkylation sites (tertiary alicyclic amines) is 1. The van der Waals surface area contributed by atoms with E-state index in [1.165, 1.54) is 0 Å². The molecule has 0 aliphatic carbocycles. The van der Waals surface area contributed by atoms with Crippen LogP contribution in [0.25, 0.3) is 0 Å². The van der Waals surface area contributed by atoms with Gasteiger partial charge in [-0.2, -0.15) is 0 Å². The summed E-state index contributed by atoms with van der Waals surface area (Å²) in [6.07, 6.45) is 2.28. The third-order valence-electron chi connectivity index (χ3n) is 3.29. The quantitative estimate of drug-likeness (QED) is 0.650. The van der Waals surface area contributed by atoms with E-state index >= 15 is 0 Å². The number of esters is 1. The van der Waals surface area contributed by atoms with Crippen molar-refractivity contribution in [2.45, 2.75) is 25.4 Å². The van der Waals surface area contributed by atoms with Crippen LogP contribution in [0.5, 0.6) is 0 Å². The molecule has 0 atom stereocenters. The van der Waals surface area contributed by atoms with Gasteiger partial charge in [0.15, 0.2) is 0 Å². The van der Waals surface area contributed by atoms with E-state index in [-0.39, 0.29) is 12.1 Å². The second kappa shape index (κ2) is 5.87. The fourth-order valence-corrected chi connectivity index (χ4v) is 2.13. The normalized spacial score (nSPS) is 17.6. The van der Waals surface area contributed by atoms with E-state index in [0.717, 1.165) is 31.5 Å². The number of benzene rings is 1. The number of carbonyl (C=O) groups is 1. The first-order valence-corrected chi connectivity index (χ1v) is 6.36. The van der Waals surface area contributed by atoms with Crippen molar-refractivity contribution in [3.63, 3.8) is 0 Å². The Labute approximate surface area is 108 Å². The van der Waals surface area contributed by atoms with E-state index < -0.39 is 0 Å². The third kappa shape index (κ3) is 3.74. The Morgan fingerprint density at radius 1 is 1.33 bits per heavy atom. The lowest BCUT2D eigenvalue weighted by atomic mass is 10.1. The van der Waals surface area contributed by atoms with Gasteiger partial charge in [0.25, 0.3) is 0 Å². The van der Waals surface area contributed by atoms with Crippen molar-refractivity contribution >= 4 is 11.7 Å². The van der Waals surface area contributed by atoms with E-state index in [2.05, 4.69) is 11.9 Å². The lowest BCUT2D eigenvalue weighted by Gasteiger charge is -2.28. The number of hydrogen-bond donors (Lipinski definition) is 1. The molecule has 0 radical (unpaired) electrons. The van der Waals surface area contributed by atoms with Crippen LogP contribution in [0.4, 0.5) is 5.69 Å². The molecular weight excluding hydrogens is 228 g/mol. The standard InChI is InChI=1S/C14H20N2O2/c1-16-8-6-13(7-9-16)18-14(17)10-11-2-4-12(15)5-3-11/h2-5,13H,6-10,15H2,1H3. The molecule has 0 spiro atoms. The highest BCUT2D eigenvalue weighted by atomic mass is 16.5.